The molecule has 0 aliphatic rings. The predicted octanol–water partition coefficient (Wildman–Crippen LogP) is 2.53. The van der Waals surface area contributed by atoms with Crippen LogP contribution in [0.2, 0.25) is 0 Å². The van der Waals surface area contributed by atoms with E-state index in [0.717, 1.165) is 13.1 Å². The van der Waals surface area contributed by atoms with E-state index in [1.165, 1.54) is 12.0 Å². The summed E-state index contributed by atoms with van der Waals surface area (Å²) in [6.45, 7) is 8.57. The molecule has 0 aliphatic heterocycles. The predicted molar refractivity (Wildman–Crippen MR) is 52.9 cm³/mol. The number of allylic oxidation sites excluding steroid dienone is 1. The average molecular weight is 208 g/mol. The summed E-state index contributed by atoms with van der Waals surface area (Å²) in [5, 5.41) is 3.29. The van der Waals surface area contributed by atoms with Gasteiger partial charge < -0.3 is 5.32 Å². The van der Waals surface area contributed by atoms with Crippen molar-refractivity contribution in [2.24, 2.45) is 0 Å². The number of halogens is 1. The van der Waals surface area contributed by atoms with Crippen molar-refractivity contribution in [3.8, 4) is 0 Å². The van der Waals surface area contributed by atoms with E-state index in [9.17, 15) is 0 Å². The molecule has 0 fully saturated rings. The van der Waals surface area contributed by atoms with Gasteiger partial charge in [0.1, 0.15) is 0 Å². The minimum absolute atomic E-state index is 0. The largest absolute Gasteiger partial charge is 0.313 e. The smallest absolute Gasteiger partial charge is 0.0137 e. The van der Waals surface area contributed by atoms with Crippen LogP contribution >= 0.6 is 17.0 Å². The van der Waals surface area contributed by atoms with Crippen LogP contribution in [0.3, 0.4) is 0 Å². The Hall–Kier alpha value is 0.180. The highest BCUT2D eigenvalue weighted by atomic mass is 79.9. The lowest BCUT2D eigenvalue weighted by Gasteiger charge is -1.96. The fraction of sp³-hybridized carbons (Fsp3) is 0.750. The third-order valence-electron chi connectivity index (χ3n) is 1.08. The minimum Gasteiger partial charge on any atom is -0.313 e. The van der Waals surface area contributed by atoms with Crippen LogP contribution in [0, 0.1) is 0 Å². The Bertz CT molecular complexity index is 85.3. The van der Waals surface area contributed by atoms with Crippen molar-refractivity contribution >= 4 is 17.0 Å². The van der Waals surface area contributed by atoms with Gasteiger partial charge in [-0.1, -0.05) is 18.6 Å². The van der Waals surface area contributed by atoms with Gasteiger partial charge in [-0.05, 0) is 26.8 Å². The molecule has 0 aromatic carbocycles. The Balaban J connectivity index is 0. The van der Waals surface area contributed by atoms with Crippen LogP contribution in [-0.4, -0.2) is 13.1 Å². The number of hydrogen-bond donors (Lipinski definition) is 1. The molecule has 0 aromatic rings. The highest BCUT2D eigenvalue weighted by Gasteiger charge is 1.78. The van der Waals surface area contributed by atoms with Crippen LogP contribution in [-0.2, 0) is 0 Å². The number of rotatable bonds is 4. The van der Waals surface area contributed by atoms with Crippen molar-refractivity contribution in [1.29, 1.82) is 0 Å². The molecule has 0 heterocycles. The van der Waals surface area contributed by atoms with E-state index in [0.29, 0.717) is 0 Å². The molecule has 0 unspecified atom stereocenters. The van der Waals surface area contributed by atoms with Gasteiger partial charge in [0.15, 0.2) is 0 Å². The van der Waals surface area contributed by atoms with Gasteiger partial charge >= 0.3 is 0 Å². The molecule has 1 N–H and O–H groups in total. The van der Waals surface area contributed by atoms with Crippen molar-refractivity contribution in [3.63, 3.8) is 0 Å². The Labute approximate surface area is 74.7 Å². The molecule has 0 amide bonds. The highest BCUT2D eigenvalue weighted by Crippen LogP contribution is 1.84. The van der Waals surface area contributed by atoms with Gasteiger partial charge in [0.25, 0.3) is 0 Å². The molecule has 0 atom stereocenters. The van der Waals surface area contributed by atoms with Crippen molar-refractivity contribution in [2.75, 3.05) is 13.1 Å². The van der Waals surface area contributed by atoms with E-state index < -0.39 is 0 Å². The molecule has 0 rings (SSSR count). The molecule has 62 valence electrons. The Morgan fingerprint density at radius 3 is 2.40 bits per heavy atom. The summed E-state index contributed by atoms with van der Waals surface area (Å²) < 4.78 is 0. The maximum Gasteiger partial charge on any atom is 0.0137 e. The van der Waals surface area contributed by atoms with Gasteiger partial charge in [0.05, 0.1) is 0 Å². The molecule has 0 saturated carbocycles. The second kappa shape index (κ2) is 9.18. The fourth-order valence-corrected chi connectivity index (χ4v) is 0.555. The third kappa shape index (κ3) is 11.0. The molecular weight excluding hydrogens is 190 g/mol. The van der Waals surface area contributed by atoms with Gasteiger partial charge in [-0.2, -0.15) is 0 Å². The molecule has 0 radical (unpaired) electrons. The zero-order valence-corrected chi connectivity index (χ0v) is 8.82. The minimum atomic E-state index is 0. The molecule has 0 aromatic heterocycles. The SMILES string of the molecule is Br.CCCNCC=C(C)C. The summed E-state index contributed by atoms with van der Waals surface area (Å²) >= 11 is 0. The van der Waals surface area contributed by atoms with Crippen LogP contribution in [0.5, 0.6) is 0 Å². The van der Waals surface area contributed by atoms with Crippen molar-refractivity contribution in [1.82, 2.24) is 5.32 Å². The highest BCUT2D eigenvalue weighted by molar-refractivity contribution is 8.93. The maximum atomic E-state index is 3.29. The van der Waals surface area contributed by atoms with Crippen LogP contribution in [0.15, 0.2) is 11.6 Å². The van der Waals surface area contributed by atoms with E-state index in [2.05, 4.69) is 32.2 Å². The van der Waals surface area contributed by atoms with Crippen LogP contribution < -0.4 is 5.32 Å². The molecule has 0 aliphatic carbocycles. The van der Waals surface area contributed by atoms with E-state index in [1.807, 2.05) is 0 Å². The first-order valence-corrected chi connectivity index (χ1v) is 3.61. The van der Waals surface area contributed by atoms with Crippen LogP contribution in [0.4, 0.5) is 0 Å². The zero-order valence-electron chi connectivity index (χ0n) is 7.11. The van der Waals surface area contributed by atoms with Crippen molar-refractivity contribution < 1.29 is 0 Å². The Morgan fingerprint density at radius 2 is 2.00 bits per heavy atom. The quantitative estimate of drug-likeness (QED) is 0.553. The van der Waals surface area contributed by atoms with Crippen molar-refractivity contribution in [3.05, 3.63) is 11.6 Å². The van der Waals surface area contributed by atoms with Gasteiger partial charge in [-0.3, -0.25) is 0 Å². The number of nitrogens with one attached hydrogen (secondary N) is 1. The topological polar surface area (TPSA) is 12.0 Å². The van der Waals surface area contributed by atoms with Gasteiger partial charge in [0, 0.05) is 6.54 Å². The standard InChI is InChI=1S/C8H17N.BrH/c1-4-6-9-7-5-8(2)3;/h5,9H,4,6-7H2,1-3H3;1H. The molecule has 2 heteroatoms. The van der Waals surface area contributed by atoms with E-state index >= 15 is 0 Å². The van der Waals surface area contributed by atoms with E-state index in [4.69, 9.17) is 0 Å². The zero-order chi connectivity index (χ0) is 7.11. The summed E-state index contributed by atoms with van der Waals surface area (Å²) in [6.07, 6.45) is 3.42. The molecule has 0 spiro atoms. The molecule has 10 heavy (non-hydrogen) atoms. The fourth-order valence-electron chi connectivity index (χ4n) is 0.555. The first-order valence-electron chi connectivity index (χ1n) is 3.61. The lowest BCUT2D eigenvalue weighted by Crippen LogP contribution is -2.13. The summed E-state index contributed by atoms with van der Waals surface area (Å²) in [6, 6.07) is 0. The summed E-state index contributed by atoms with van der Waals surface area (Å²) in [7, 11) is 0. The Kier molecular flexibility index (Phi) is 11.8. The summed E-state index contributed by atoms with van der Waals surface area (Å²) in [4.78, 5) is 0. The summed E-state index contributed by atoms with van der Waals surface area (Å²) in [5.41, 5.74) is 1.39. The van der Waals surface area contributed by atoms with Gasteiger partial charge in [0.2, 0.25) is 0 Å². The second-order valence-electron chi connectivity index (χ2n) is 2.49. The first-order chi connectivity index (χ1) is 4.27. The van der Waals surface area contributed by atoms with Crippen LogP contribution in [0.1, 0.15) is 27.2 Å². The molecule has 0 bridgehead atoms. The molecular formula is C8H18BrN. The molecule has 1 nitrogen and oxygen atoms in total. The van der Waals surface area contributed by atoms with Gasteiger partial charge in [-0.15, -0.1) is 17.0 Å². The normalized spacial score (nSPS) is 8.30. The lowest BCUT2D eigenvalue weighted by molar-refractivity contribution is 0.727. The first kappa shape index (κ1) is 12.8. The van der Waals surface area contributed by atoms with E-state index in [-0.39, 0.29) is 17.0 Å². The van der Waals surface area contributed by atoms with Crippen molar-refractivity contribution in [2.45, 2.75) is 27.2 Å². The Morgan fingerprint density at radius 1 is 1.40 bits per heavy atom. The van der Waals surface area contributed by atoms with Crippen LogP contribution in [0.25, 0.3) is 0 Å². The maximum absolute atomic E-state index is 3.29. The average Bonchev–Trinajstić information content (AvgIpc) is 1.80. The third-order valence-corrected chi connectivity index (χ3v) is 1.08. The monoisotopic (exact) mass is 207 g/mol. The lowest BCUT2D eigenvalue weighted by atomic mass is 10.3. The molecule has 0 saturated heterocycles. The number of hydrogen-bond acceptors (Lipinski definition) is 1. The summed E-state index contributed by atoms with van der Waals surface area (Å²) in [5.74, 6) is 0. The second-order valence-corrected chi connectivity index (χ2v) is 2.49. The van der Waals surface area contributed by atoms with E-state index in [1.54, 1.807) is 0 Å². The van der Waals surface area contributed by atoms with Gasteiger partial charge in [-0.25, -0.2) is 0 Å².